The number of ether oxygens (including phenoxy) is 2. The van der Waals surface area contributed by atoms with Gasteiger partial charge in [-0.2, -0.15) is 13.2 Å². The molecule has 206 valence electrons. The van der Waals surface area contributed by atoms with E-state index < -0.39 is 12.1 Å². The van der Waals surface area contributed by atoms with E-state index in [9.17, 15) is 18.0 Å². The maximum atomic E-state index is 12.6. The largest absolute Gasteiger partial charge is 0.490 e. The van der Waals surface area contributed by atoms with Crippen molar-refractivity contribution in [2.24, 2.45) is 0 Å². The maximum Gasteiger partial charge on any atom is 0.490 e. The van der Waals surface area contributed by atoms with Crippen LogP contribution in [0, 0.1) is 0 Å². The second-order valence-electron chi connectivity index (χ2n) is 8.98. The van der Waals surface area contributed by atoms with Crippen molar-refractivity contribution in [3.05, 3.63) is 83.4 Å². The molecule has 2 heterocycles. The van der Waals surface area contributed by atoms with Gasteiger partial charge >= 0.3 is 12.1 Å². The van der Waals surface area contributed by atoms with Gasteiger partial charge in [0.05, 0.1) is 0 Å². The molecular formula is C28H28F3N3O5. The second-order valence-corrected chi connectivity index (χ2v) is 8.98. The summed E-state index contributed by atoms with van der Waals surface area (Å²) in [6.07, 6.45) is -5.08. The van der Waals surface area contributed by atoms with Gasteiger partial charge < -0.3 is 25.2 Å². The monoisotopic (exact) mass is 543 g/mol. The number of carboxylic acid groups (broad SMARTS) is 1. The van der Waals surface area contributed by atoms with Gasteiger partial charge in [-0.05, 0) is 52.6 Å². The zero-order valence-electron chi connectivity index (χ0n) is 21.0. The number of benzene rings is 3. The van der Waals surface area contributed by atoms with Crippen molar-refractivity contribution in [1.82, 2.24) is 15.5 Å². The number of carboxylic acids is 1. The molecule has 0 atom stereocenters. The lowest BCUT2D eigenvalue weighted by Gasteiger charge is -2.27. The fourth-order valence-electron chi connectivity index (χ4n) is 4.16. The summed E-state index contributed by atoms with van der Waals surface area (Å²) in [5, 5.41) is 13.5. The van der Waals surface area contributed by atoms with Crippen molar-refractivity contribution in [2.75, 3.05) is 33.0 Å². The molecule has 5 rings (SSSR count). The first-order chi connectivity index (χ1) is 18.7. The summed E-state index contributed by atoms with van der Waals surface area (Å²) in [7, 11) is 0. The van der Waals surface area contributed by atoms with Crippen LogP contribution in [0.3, 0.4) is 0 Å². The molecule has 0 saturated carbocycles. The Bertz CT molecular complexity index is 1310. The summed E-state index contributed by atoms with van der Waals surface area (Å²) >= 11 is 0. The third-order valence-corrected chi connectivity index (χ3v) is 6.13. The van der Waals surface area contributed by atoms with E-state index in [1.165, 1.54) is 11.1 Å². The van der Waals surface area contributed by atoms with Crippen molar-refractivity contribution in [2.45, 2.75) is 19.3 Å². The Balaban J connectivity index is 0.000000448. The van der Waals surface area contributed by atoms with Gasteiger partial charge in [-0.3, -0.25) is 9.69 Å². The average Bonchev–Trinajstić information content (AvgIpc) is 3.41. The molecule has 0 radical (unpaired) electrons. The lowest BCUT2D eigenvalue weighted by atomic mass is 10.0. The van der Waals surface area contributed by atoms with Gasteiger partial charge in [0.2, 0.25) is 6.79 Å². The highest BCUT2D eigenvalue weighted by molar-refractivity contribution is 5.94. The molecule has 3 N–H and O–H groups in total. The minimum Gasteiger partial charge on any atom is -0.475 e. The molecule has 2 aliphatic rings. The summed E-state index contributed by atoms with van der Waals surface area (Å²) in [4.78, 5) is 24.0. The predicted molar refractivity (Wildman–Crippen MR) is 137 cm³/mol. The third-order valence-electron chi connectivity index (χ3n) is 6.13. The summed E-state index contributed by atoms with van der Waals surface area (Å²) in [5.41, 5.74) is 5.30. The Labute approximate surface area is 223 Å². The number of hydrogen-bond acceptors (Lipinski definition) is 6. The number of amides is 1. The van der Waals surface area contributed by atoms with Crippen LogP contribution in [-0.4, -0.2) is 61.0 Å². The van der Waals surface area contributed by atoms with Crippen LogP contribution >= 0.6 is 0 Å². The lowest BCUT2D eigenvalue weighted by molar-refractivity contribution is -0.192. The molecule has 11 heteroatoms. The molecule has 8 nitrogen and oxygen atoms in total. The van der Waals surface area contributed by atoms with E-state index in [-0.39, 0.29) is 12.7 Å². The number of fused-ring (bicyclic) bond motifs is 1. The number of hydrogen-bond donors (Lipinski definition) is 3. The van der Waals surface area contributed by atoms with E-state index in [2.05, 4.69) is 51.9 Å². The summed E-state index contributed by atoms with van der Waals surface area (Å²) in [6, 6.07) is 22.3. The fraction of sp³-hybridized carbons (Fsp3) is 0.286. The van der Waals surface area contributed by atoms with E-state index in [1.54, 1.807) is 18.2 Å². The zero-order chi connectivity index (χ0) is 27.8. The molecule has 0 aromatic heterocycles. The molecule has 0 unspecified atom stereocenters. The lowest BCUT2D eigenvalue weighted by Crippen LogP contribution is -2.42. The smallest absolute Gasteiger partial charge is 0.475 e. The molecule has 3 aromatic rings. The highest BCUT2D eigenvalue weighted by Crippen LogP contribution is 2.32. The number of aliphatic carboxylic acids is 1. The van der Waals surface area contributed by atoms with Crippen LogP contribution in [0.4, 0.5) is 13.2 Å². The first-order valence-electron chi connectivity index (χ1n) is 12.3. The fourth-order valence-corrected chi connectivity index (χ4v) is 4.16. The van der Waals surface area contributed by atoms with Crippen LogP contribution in [-0.2, 0) is 17.9 Å². The third kappa shape index (κ3) is 7.95. The first kappa shape index (κ1) is 27.9. The normalized spacial score (nSPS) is 14.7. The predicted octanol–water partition coefficient (Wildman–Crippen LogP) is 4.05. The van der Waals surface area contributed by atoms with Gasteiger partial charge in [0, 0.05) is 44.8 Å². The number of nitrogens with one attached hydrogen (secondary N) is 2. The van der Waals surface area contributed by atoms with Crippen molar-refractivity contribution in [3.8, 4) is 22.6 Å². The van der Waals surface area contributed by atoms with Gasteiger partial charge in [-0.1, -0.05) is 36.4 Å². The highest BCUT2D eigenvalue weighted by Gasteiger charge is 2.38. The Morgan fingerprint density at radius 2 is 1.51 bits per heavy atom. The molecular weight excluding hydrogens is 515 g/mol. The van der Waals surface area contributed by atoms with Crippen molar-refractivity contribution >= 4 is 11.9 Å². The van der Waals surface area contributed by atoms with E-state index >= 15 is 0 Å². The number of carbonyl (C=O) groups excluding carboxylic acids is 1. The van der Waals surface area contributed by atoms with Crippen LogP contribution in [0.2, 0.25) is 0 Å². The molecule has 3 aromatic carbocycles. The minimum absolute atomic E-state index is 0.133. The van der Waals surface area contributed by atoms with Gasteiger partial charge in [-0.15, -0.1) is 0 Å². The second kappa shape index (κ2) is 12.6. The van der Waals surface area contributed by atoms with Crippen LogP contribution in [0.1, 0.15) is 21.5 Å². The van der Waals surface area contributed by atoms with E-state index in [4.69, 9.17) is 19.4 Å². The topological polar surface area (TPSA) is 100 Å². The summed E-state index contributed by atoms with van der Waals surface area (Å²) < 4.78 is 42.4. The quantitative estimate of drug-likeness (QED) is 0.431. The Morgan fingerprint density at radius 1 is 0.897 bits per heavy atom. The maximum absolute atomic E-state index is 12.6. The highest BCUT2D eigenvalue weighted by atomic mass is 19.4. The minimum atomic E-state index is -5.08. The van der Waals surface area contributed by atoms with Gasteiger partial charge in [-0.25, -0.2) is 4.79 Å². The standard InChI is InChI=1S/C26H27N3O3.C2HF3O2/c30-26(23-7-8-24-25(15-23)32-18-31-24)28-16-19-3-1-5-21(13-19)22-6-2-4-20(14-22)17-29-11-9-27-10-12-29;3-2(4,5)1(6)7/h1-8,13-15,27H,9-12,16-18H2,(H,28,30);(H,6,7). The molecule has 0 spiro atoms. The van der Waals surface area contributed by atoms with E-state index in [0.717, 1.165) is 43.9 Å². The number of piperazine rings is 1. The summed E-state index contributed by atoms with van der Waals surface area (Å²) in [5.74, 6) is -1.60. The number of nitrogens with zero attached hydrogens (tertiary/aromatic N) is 1. The van der Waals surface area contributed by atoms with Gasteiger partial charge in [0.1, 0.15) is 0 Å². The van der Waals surface area contributed by atoms with Crippen LogP contribution in [0.25, 0.3) is 11.1 Å². The van der Waals surface area contributed by atoms with Crippen molar-refractivity contribution in [1.29, 1.82) is 0 Å². The molecule has 1 amide bonds. The number of rotatable bonds is 6. The molecule has 1 saturated heterocycles. The van der Waals surface area contributed by atoms with Gasteiger partial charge in [0.25, 0.3) is 5.91 Å². The number of halogens is 3. The first-order valence-corrected chi connectivity index (χ1v) is 12.3. The van der Waals surface area contributed by atoms with Crippen LogP contribution in [0.5, 0.6) is 11.5 Å². The van der Waals surface area contributed by atoms with Gasteiger partial charge in [0.15, 0.2) is 11.5 Å². The van der Waals surface area contributed by atoms with Crippen molar-refractivity contribution < 1.29 is 37.3 Å². The average molecular weight is 544 g/mol. The van der Waals surface area contributed by atoms with Crippen molar-refractivity contribution in [3.63, 3.8) is 0 Å². The molecule has 0 aliphatic carbocycles. The number of alkyl halides is 3. The zero-order valence-corrected chi connectivity index (χ0v) is 21.0. The molecule has 1 fully saturated rings. The molecule has 2 aliphatic heterocycles. The van der Waals surface area contributed by atoms with Crippen LogP contribution in [0.15, 0.2) is 66.7 Å². The molecule has 39 heavy (non-hydrogen) atoms. The van der Waals surface area contributed by atoms with E-state index in [0.29, 0.717) is 23.6 Å². The van der Waals surface area contributed by atoms with Crippen LogP contribution < -0.4 is 20.1 Å². The molecule has 0 bridgehead atoms. The SMILES string of the molecule is O=C(NCc1cccc(-c2cccc(CN3CCNCC3)c2)c1)c1ccc2c(c1)OCO2.O=C(O)C(F)(F)F. The Hall–Kier alpha value is -4.09. The number of carbonyl (C=O) groups is 2. The van der Waals surface area contributed by atoms with E-state index in [1.807, 2.05) is 12.1 Å². The Morgan fingerprint density at radius 3 is 2.18 bits per heavy atom. The summed E-state index contributed by atoms with van der Waals surface area (Å²) in [6.45, 7) is 5.91. The Kier molecular flexibility index (Phi) is 9.05.